The highest BCUT2D eigenvalue weighted by molar-refractivity contribution is 9.12. The molecule has 0 rings (SSSR count). The third kappa shape index (κ3) is 4.44. The summed E-state index contributed by atoms with van der Waals surface area (Å²) in [6, 6.07) is 0. The normalized spacial score (nSPS) is 14.5. The van der Waals surface area contributed by atoms with Crippen LogP contribution >= 0.6 is 28.1 Å². The Labute approximate surface area is 78.5 Å². The number of halogens is 2. The van der Waals surface area contributed by atoms with E-state index in [2.05, 4.69) is 20.7 Å². The zero-order valence-electron chi connectivity index (χ0n) is 6.32. The Balaban J connectivity index is 4.24. The molecule has 0 bridgehead atoms. The second kappa shape index (κ2) is 5.62. The van der Waals surface area contributed by atoms with E-state index in [1.54, 1.807) is 13.1 Å². The van der Waals surface area contributed by atoms with Gasteiger partial charge in [0.2, 0.25) is 0 Å². The van der Waals surface area contributed by atoms with Gasteiger partial charge in [0.1, 0.15) is 5.83 Å². The average Bonchev–Trinajstić information content (AvgIpc) is 1.98. The van der Waals surface area contributed by atoms with Crippen molar-refractivity contribution in [3.63, 3.8) is 0 Å². The van der Waals surface area contributed by atoms with Crippen molar-refractivity contribution in [3.8, 4) is 0 Å². The Morgan fingerprint density at radius 2 is 2.18 bits per heavy atom. The van der Waals surface area contributed by atoms with Gasteiger partial charge in [0.15, 0.2) is 0 Å². The third-order valence-corrected chi connectivity index (χ3v) is 2.42. The van der Waals surface area contributed by atoms with Crippen LogP contribution in [0.2, 0.25) is 0 Å². The van der Waals surface area contributed by atoms with Gasteiger partial charge in [0, 0.05) is 18.3 Å². The molecule has 0 fully saturated rings. The average molecular weight is 241 g/mol. The molecule has 2 nitrogen and oxygen atoms in total. The van der Waals surface area contributed by atoms with Crippen LogP contribution in [-0.4, -0.2) is 0 Å². The predicted molar refractivity (Wildman–Crippen MR) is 51.4 cm³/mol. The summed E-state index contributed by atoms with van der Waals surface area (Å²) in [6.07, 6.45) is 1.62. The van der Waals surface area contributed by atoms with Crippen molar-refractivity contribution in [3.05, 3.63) is 22.1 Å². The van der Waals surface area contributed by atoms with Crippen LogP contribution in [0.4, 0.5) is 4.39 Å². The van der Waals surface area contributed by atoms with E-state index >= 15 is 0 Å². The van der Waals surface area contributed by atoms with Gasteiger partial charge < -0.3 is 4.72 Å². The highest BCUT2D eigenvalue weighted by atomic mass is 79.9. The molecular formula is C6H10BrFN2S. The second-order valence-corrected chi connectivity index (χ2v) is 3.17. The lowest BCUT2D eigenvalue weighted by molar-refractivity contribution is 0.637. The maximum Gasteiger partial charge on any atom is 0.111 e. The molecule has 0 aromatic heterocycles. The van der Waals surface area contributed by atoms with Gasteiger partial charge in [-0.15, -0.1) is 0 Å². The van der Waals surface area contributed by atoms with E-state index < -0.39 is 0 Å². The number of nitrogens with two attached hydrogens (primary N) is 1. The van der Waals surface area contributed by atoms with E-state index in [0.717, 1.165) is 17.7 Å². The fourth-order valence-electron chi connectivity index (χ4n) is 0.457. The van der Waals surface area contributed by atoms with Crippen molar-refractivity contribution in [2.75, 3.05) is 0 Å². The summed E-state index contributed by atoms with van der Waals surface area (Å²) in [5.74, 6) is -0.248. The summed E-state index contributed by atoms with van der Waals surface area (Å²) in [6.45, 7) is 3.16. The van der Waals surface area contributed by atoms with E-state index in [0.29, 0.717) is 4.48 Å². The van der Waals surface area contributed by atoms with E-state index in [9.17, 15) is 4.39 Å². The van der Waals surface area contributed by atoms with E-state index in [-0.39, 0.29) is 5.83 Å². The summed E-state index contributed by atoms with van der Waals surface area (Å²) < 4.78 is 15.6. The minimum atomic E-state index is -0.248. The summed E-state index contributed by atoms with van der Waals surface area (Å²) in [7, 11) is 0. The van der Waals surface area contributed by atoms with Gasteiger partial charge in [-0.3, -0.25) is 5.14 Å². The zero-order valence-corrected chi connectivity index (χ0v) is 8.72. The molecule has 0 radical (unpaired) electrons. The Bertz CT molecular complexity index is 187. The third-order valence-electron chi connectivity index (χ3n) is 0.992. The van der Waals surface area contributed by atoms with E-state index in [1.165, 1.54) is 6.92 Å². The van der Waals surface area contributed by atoms with Crippen LogP contribution in [0, 0.1) is 0 Å². The first-order valence-electron chi connectivity index (χ1n) is 2.90. The molecule has 0 saturated carbocycles. The van der Waals surface area contributed by atoms with Crippen molar-refractivity contribution < 1.29 is 4.39 Å². The van der Waals surface area contributed by atoms with Crippen LogP contribution in [0.15, 0.2) is 22.1 Å². The number of rotatable bonds is 3. The fourth-order valence-corrected chi connectivity index (χ4v) is 0.817. The molecule has 0 amide bonds. The Morgan fingerprint density at radius 3 is 2.55 bits per heavy atom. The largest absolute Gasteiger partial charge is 0.324 e. The Kier molecular flexibility index (Phi) is 5.62. The SMILES string of the molecule is CC(=C/NSN)/C(Br)=C(\C)F. The van der Waals surface area contributed by atoms with Gasteiger partial charge in [-0.2, -0.15) is 0 Å². The fraction of sp³-hybridized carbons (Fsp3) is 0.333. The molecule has 0 aliphatic carbocycles. The Morgan fingerprint density at radius 1 is 1.64 bits per heavy atom. The number of nitrogens with one attached hydrogen (secondary N) is 1. The van der Waals surface area contributed by atoms with E-state index in [1.807, 2.05) is 0 Å². The van der Waals surface area contributed by atoms with E-state index in [4.69, 9.17) is 5.14 Å². The molecule has 0 spiro atoms. The molecule has 0 unspecified atom stereocenters. The molecule has 3 N–H and O–H groups in total. The van der Waals surface area contributed by atoms with Gasteiger partial charge in [-0.25, -0.2) is 4.39 Å². The van der Waals surface area contributed by atoms with Gasteiger partial charge in [0.05, 0.1) is 4.48 Å². The number of allylic oxidation sites excluding steroid dienone is 3. The van der Waals surface area contributed by atoms with Gasteiger partial charge in [-0.1, -0.05) is 0 Å². The van der Waals surface area contributed by atoms with Crippen LogP contribution in [-0.2, 0) is 0 Å². The number of hydrogen-bond donors (Lipinski definition) is 2. The zero-order chi connectivity index (χ0) is 8.85. The monoisotopic (exact) mass is 240 g/mol. The lowest BCUT2D eigenvalue weighted by atomic mass is 10.3. The van der Waals surface area contributed by atoms with Crippen LogP contribution in [0.3, 0.4) is 0 Å². The summed E-state index contributed by atoms with van der Waals surface area (Å²) in [5.41, 5.74) is 0.767. The molecule has 64 valence electrons. The molecule has 0 saturated heterocycles. The molecule has 0 aliphatic rings. The number of hydrogen-bond acceptors (Lipinski definition) is 3. The lowest BCUT2D eigenvalue weighted by Crippen LogP contribution is -1.97. The minimum absolute atomic E-state index is 0.248. The quantitative estimate of drug-likeness (QED) is 0.589. The first-order valence-corrected chi connectivity index (χ1v) is 4.57. The van der Waals surface area contributed by atoms with Crippen LogP contribution in [0.25, 0.3) is 0 Å². The lowest BCUT2D eigenvalue weighted by Gasteiger charge is -1.99. The van der Waals surface area contributed by atoms with Gasteiger partial charge in [-0.05, 0) is 35.4 Å². The summed E-state index contributed by atoms with van der Waals surface area (Å²) in [5, 5.41) is 5.09. The molecule has 0 atom stereocenters. The smallest absolute Gasteiger partial charge is 0.111 e. The summed E-state index contributed by atoms with van der Waals surface area (Å²) >= 11 is 4.05. The molecule has 0 heterocycles. The molecular weight excluding hydrogens is 231 g/mol. The first-order chi connectivity index (χ1) is 5.09. The maximum absolute atomic E-state index is 12.5. The topological polar surface area (TPSA) is 38.0 Å². The highest BCUT2D eigenvalue weighted by Crippen LogP contribution is 2.21. The van der Waals surface area contributed by atoms with Crippen molar-refractivity contribution >= 4 is 28.1 Å². The molecule has 0 aromatic carbocycles. The van der Waals surface area contributed by atoms with Crippen molar-refractivity contribution in [1.82, 2.24) is 4.72 Å². The first kappa shape index (κ1) is 11.0. The van der Waals surface area contributed by atoms with Crippen molar-refractivity contribution in [1.29, 1.82) is 0 Å². The predicted octanol–water partition coefficient (Wildman–Crippen LogP) is 2.60. The van der Waals surface area contributed by atoms with Gasteiger partial charge in [0.25, 0.3) is 0 Å². The minimum Gasteiger partial charge on any atom is -0.324 e. The van der Waals surface area contributed by atoms with Crippen LogP contribution < -0.4 is 9.86 Å². The van der Waals surface area contributed by atoms with Gasteiger partial charge >= 0.3 is 0 Å². The Hall–Kier alpha value is -0.0000000000000000555. The standard InChI is InChI=1S/C6H10BrFN2S/c1-4(3-10-11-9)6(7)5(2)8/h3,10H,9H2,1-2H3/b4-3-,6-5-. The maximum atomic E-state index is 12.5. The molecule has 11 heavy (non-hydrogen) atoms. The van der Waals surface area contributed by atoms with Crippen LogP contribution in [0.1, 0.15) is 13.8 Å². The van der Waals surface area contributed by atoms with Crippen molar-refractivity contribution in [2.45, 2.75) is 13.8 Å². The summed E-state index contributed by atoms with van der Waals surface area (Å²) in [4.78, 5) is 0. The highest BCUT2D eigenvalue weighted by Gasteiger charge is 1.98. The molecule has 5 heteroatoms. The molecule has 0 aliphatic heterocycles. The molecule has 0 aromatic rings. The van der Waals surface area contributed by atoms with Crippen molar-refractivity contribution in [2.24, 2.45) is 5.14 Å². The van der Waals surface area contributed by atoms with Crippen LogP contribution in [0.5, 0.6) is 0 Å². The second-order valence-electron chi connectivity index (χ2n) is 1.91.